The van der Waals surface area contributed by atoms with Gasteiger partial charge in [-0.3, -0.25) is 14.5 Å². The maximum atomic E-state index is 13.3. The topological polar surface area (TPSA) is 63.7 Å². The van der Waals surface area contributed by atoms with Crippen molar-refractivity contribution in [3.63, 3.8) is 0 Å². The van der Waals surface area contributed by atoms with Crippen molar-refractivity contribution in [3.8, 4) is 0 Å². The number of methoxy groups -OCH3 is 1. The monoisotopic (exact) mass is 375 g/mol. The van der Waals surface area contributed by atoms with E-state index in [0.29, 0.717) is 17.2 Å². The average Bonchev–Trinajstić information content (AvgIpc) is 3.40. The first kappa shape index (κ1) is 17.2. The van der Waals surface area contributed by atoms with Crippen molar-refractivity contribution in [2.45, 2.75) is 18.8 Å². The van der Waals surface area contributed by atoms with E-state index >= 15 is 0 Å². The Kier molecular flexibility index (Phi) is 3.86. The maximum absolute atomic E-state index is 13.3. The second-order valence-corrected chi connectivity index (χ2v) is 8.01. The Labute approximate surface area is 163 Å². The molecule has 2 aliphatic carbocycles. The average molecular weight is 375 g/mol. The summed E-state index contributed by atoms with van der Waals surface area (Å²) in [7, 11) is 1.32. The van der Waals surface area contributed by atoms with Crippen LogP contribution in [0.1, 0.15) is 34.7 Å². The molecule has 1 saturated heterocycles. The summed E-state index contributed by atoms with van der Waals surface area (Å²) in [5, 5.41) is 0. The van der Waals surface area contributed by atoms with Crippen LogP contribution in [0.4, 0.5) is 5.69 Å². The summed E-state index contributed by atoms with van der Waals surface area (Å²) in [5.41, 5.74) is 2.21. The van der Waals surface area contributed by atoms with Crippen molar-refractivity contribution in [2.75, 3.05) is 12.0 Å². The van der Waals surface area contributed by atoms with Gasteiger partial charge < -0.3 is 4.74 Å². The molecule has 5 heteroatoms. The molecule has 0 unspecified atom stereocenters. The van der Waals surface area contributed by atoms with Crippen molar-refractivity contribution in [3.05, 3.63) is 65.7 Å². The number of hydrogen-bond acceptors (Lipinski definition) is 4. The highest BCUT2D eigenvalue weighted by molar-refractivity contribution is 6.22. The summed E-state index contributed by atoms with van der Waals surface area (Å²) < 4.78 is 4.71. The van der Waals surface area contributed by atoms with E-state index in [1.165, 1.54) is 17.6 Å². The van der Waals surface area contributed by atoms with Crippen LogP contribution in [0.5, 0.6) is 0 Å². The Morgan fingerprint density at radius 1 is 0.929 bits per heavy atom. The SMILES string of the molecule is COC(=O)c1ccc(N2C(=O)[C@H]3[C@H]4C[C@H]([C@@H]3C2=O)[C@@H](c2ccccc2)C4)cc1. The highest BCUT2D eigenvalue weighted by Crippen LogP contribution is 2.61. The van der Waals surface area contributed by atoms with Gasteiger partial charge in [-0.25, -0.2) is 4.79 Å². The summed E-state index contributed by atoms with van der Waals surface area (Å²) in [6.45, 7) is 0. The lowest BCUT2D eigenvalue weighted by Crippen LogP contribution is -2.33. The number of hydrogen-bond donors (Lipinski definition) is 0. The van der Waals surface area contributed by atoms with E-state index in [2.05, 4.69) is 12.1 Å². The summed E-state index contributed by atoms with van der Waals surface area (Å²) in [5.74, 6) is -0.176. The van der Waals surface area contributed by atoms with Crippen LogP contribution >= 0.6 is 0 Å². The number of imide groups is 1. The number of anilines is 1. The molecule has 3 aliphatic rings. The first-order valence-electron chi connectivity index (χ1n) is 9.71. The van der Waals surface area contributed by atoms with Crippen molar-refractivity contribution in [1.29, 1.82) is 0 Å². The number of ether oxygens (including phenoxy) is 1. The molecular weight excluding hydrogens is 354 g/mol. The van der Waals surface area contributed by atoms with E-state index in [1.54, 1.807) is 24.3 Å². The second-order valence-electron chi connectivity index (χ2n) is 8.01. The molecule has 142 valence electrons. The Hall–Kier alpha value is -2.95. The number of carbonyl (C=O) groups excluding carboxylic acids is 3. The van der Waals surface area contributed by atoms with Gasteiger partial charge in [0.2, 0.25) is 11.8 Å². The van der Waals surface area contributed by atoms with Gasteiger partial charge in [-0.05, 0) is 60.4 Å². The fourth-order valence-corrected chi connectivity index (χ4v) is 5.66. The molecule has 0 aromatic heterocycles. The summed E-state index contributed by atoms with van der Waals surface area (Å²) >= 11 is 0. The van der Waals surface area contributed by atoms with Crippen LogP contribution in [-0.2, 0) is 14.3 Å². The van der Waals surface area contributed by atoms with E-state index in [4.69, 9.17) is 4.74 Å². The van der Waals surface area contributed by atoms with Crippen LogP contribution in [-0.4, -0.2) is 24.9 Å². The molecule has 2 bridgehead atoms. The van der Waals surface area contributed by atoms with Crippen molar-refractivity contribution >= 4 is 23.5 Å². The number of nitrogens with zero attached hydrogens (tertiary/aromatic N) is 1. The second kappa shape index (κ2) is 6.30. The number of esters is 1. The Balaban J connectivity index is 1.44. The van der Waals surface area contributed by atoms with Gasteiger partial charge in [0.25, 0.3) is 0 Å². The molecular formula is C23H21NO4. The quantitative estimate of drug-likeness (QED) is 0.609. The van der Waals surface area contributed by atoms with Gasteiger partial charge in [0.1, 0.15) is 0 Å². The predicted molar refractivity (Wildman–Crippen MR) is 103 cm³/mol. The third kappa shape index (κ3) is 2.35. The zero-order valence-electron chi connectivity index (χ0n) is 15.6. The summed E-state index contributed by atoms with van der Waals surface area (Å²) in [6, 6.07) is 16.8. The third-order valence-electron chi connectivity index (χ3n) is 6.79. The van der Waals surface area contributed by atoms with E-state index in [-0.39, 0.29) is 35.5 Å². The van der Waals surface area contributed by atoms with Crippen LogP contribution in [0.3, 0.4) is 0 Å². The molecule has 28 heavy (non-hydrogen) atoms. The number of benzene rings is 2. The van der Waals surface area contributed by atoms with Crippen LogP contribution in [0.15, 0.2) is 54.6 Å². The molecule has 2 aromatic carbocycles. The molecule has 1 aliphatic heterocycles. The number of carbonyl (C=O) groups is 3. The van der Waals surface area contributed by atoms with E-state index in [9.17, 15) is 14.4 Å². The van der Waals surface area contributed by atoms with Gasteiger partial charge in [0, 0.05) is 0 Å². The summed E-state index contributed by atoms with van der Waals surface area (Å²) in [4.78, 5) is 39.3. The van der Waals surface area contributed by atoms with E-state index in [1.807, 2.05) is 18.2 Å². The fraction of sp³-hybridized carbons (Fsp3) is 0.348. The van der Waals surface area contributed by atoms with Crippen molar-refractivity contribution in [1.82, 2.24) is 0 Å². The first-order chi connectivity index (χ1) is 13.6. The molecule has 5 atom stereocenters. The Morgan fingerprint density at radius 2 is 1.61 bits per heavy atom. The Bertz CT molecular complexity index is 952. The molecule has 1 heterocycles. The lowest BCUT2D eigenvalue weighted by molar-refractivity contribution is -0.123. The minimum Gasteiger partial charge on any atom is -0.465 e. The lowest BCUT2D eigenvalue weighted by Gasteiger charge is -2.28. The summed E-state index contributed by atoms with van der Waals surface area (Å²) in [6.07, 6.45) is 1.94. The highest BCUT2D eigenvalue weighted by Gasteiger charge is 2.64. The van der Waals surface area contributed by atoms with Crippen LogP contribution in [0.25, 0.3) is 0 Å². The molecule has 2 saturated carbocycles. The van der Waals surface area contributed by atoms with Gasteiger partial charge in [-0.1, -0.05) is 30.3 Å². The van der Waals surface area contributed by atoms with Crippen LogP contribution < -0.4 is 4.90 Å². The van der Waals surface area contributed by atoms with E-state index in [0.717, 1.165) is 12.8 Å². The highest BCUT2D eigenvalue weighted by atomic mass is 16.5. The molecule has 3 fully saturated rings. The molecule has 5 rings (SSSR count). The van der Waals surface area contributed by atoms with Crippen LogP contribution in [0.2, 0.25) is 0 Å². The third-order valence-corrected chi connectivity index (χ3v) is 6.79. The van der Waals surface area contributed by atoms with Crippen molar-refractivity contribution in [2.24, 2.45) is 23.7 Å². The molecule has 2 aromatic rings. The minimum atomic E-state index is -0.439. The first-order valence-corrected chi connectivity index (χ1v) is 9.71. The molecule has 0 N–H and O–H groups in total. The molecule has 0 radical (unpaired) electrons. The molecule has 2 amide bonds. The van der Waals surface area contributed by atoms with Gasteiger partial charge in [0.05, 0.1) is 30.2 Å². The van der Waals surface area contributed by atoms with Gasteiger partial charge >= 0.3 is 5.97 Å². The van der Waals surface area contributed by atoms with Crippen LogP contribution in [0, 0.1) is 23.7 Å². The van der Waals surface area contributed by atoms with Gasteiger partial charge in [0.15, 0.2) is 0 Å². The smallest absolute Gasteiger partial charge is 0.337 e. The largest absolute Gasteiger partial charge is 0.465 e. The Morgan fingerprint density at radius 3 is 2.29 bits per heavy atom. The molecule has 0 spiro atoms. The number of fused-ring (bicyclic) bond motifs is 5. The molecule has 5 nitrogen and oxygen atoms in total. The van der Waals surface area contributed by atoms with Gasteiger partial charge in [-0.15, -0.1) is 0 Å². The fourth-order valence-electron chi connectivity index (χ4n) is 5.66. The normalized spacial score (nSPS) is 30.6. The van der Waals surface area contributed by atoms with Gasteiger partial charge in [-0.2, -0.15) is 0 Å². The zero-order chi connectivity index (χ0) is 19.4. The van der Waals surface area contributed by atoms with Crippen molar-refractivity contribution < 1.29 is 19.1 Å². The number of amides is 2. The minimum absolute atomic E-state index is 0.0835. The predicted octanol–water partition coefficient (Wildman–Crippen LogP) is 3.40. The van der Waals surface area contributed by atoms with E-state index < -0.39 is 5.97 Å². The zero-order valence-corrected chi connectivity index (χ0v) is 15.6. The maximum Gasteiger partial charge on any atom is 0.337 e. The lowest BCUT2D eigenvalue weighted by atomic mass is 9.73. The number of rotatable bonds is 3. The standard InChI is InChI=1S/C23H21NO4/c1-28-23(27)14-7-9-16(10-8-14)24-21(25)19-15-11-17(13-5-3-2-4-6-13)18(12-15)20(19)22(24)26/h2-10,15,17-20H,11-12H2,1H3/t15-,17-,18+,19+,20+/m1/s1.